The summed E-state index contributed by atoms with van der Waals surface area (Å²) in [4.78, 5) is 29.5. The predicted molar refractivity (Wildman–Crippen MR) is 167 cm³/mol. The summed E-state index contributed by atoms with van der Waals surface area (Å²) in [6.45, 7) is 8.33. The maximum Gasteiger partial charge on any atom is 0.200 e. The number of para-hydroxylation sites is 2. The molecule has 0 fully saturated rings. The Labute approximate surface area is 235 Å². The monoisotopic (exact) mass is 537 g/mol. The van der Waals surface area contributed by atoms with Gasteiger partial charge in [-0.05, 0) is 87.4 Å². The maximum atomic E-state index is 14.0. The van der Waals surface area contributed by atoms with Crippen LogP contribution in [0.1, 0.15) is 22.3 Å². The highest BCUT2D eigenvalue weighted by atomic mass is 16.3. The van der Waals surface area contributed by atoms with Gasteiger partial charge < -0.3 is 13.7 Å². The fourth-order valence-electron chi connectivity index (χ4n) is 5.83. The predicted octanol–water partition coefficient (Wildman–Crippen LogP) is 8.91. The van der Waals surface area contributed by atoms with Crippen LogP contribution >= 0.6 is 0 Å². The quantitative estimate of drug-likeness (QED) is 0.211. The second-order valence-electron chi connectivity index (χ2n) is 10.8. The Morgan fingerprint density at radius 2 is 1.05 bits per heavy atom. The zero-order valence-electron chi connectivity index (χ0n) is 23.2. The molecule has 0 spiro atoms. The first kappa shape index (κ1) is 24.9. The molecule has 200 valence electrons. The largest absolute Gasteiger partial charge is 0.456 e. The molecule has 0 aliphatic heterocycles. The van der Waals surface area contributed by atoms with Crippen LogP contribution in [0.3, 0.4) is 0 Å². The van der Waals surface area contributed by atoms with Crippen LogP contribution in [0.15, 0.2) is 109 Å². The molecule has 2 heterocycles. The van der Waals surface area contributed by atoms with Crippen molar-refractivity contribution in [2.45, 2.75) is 27.7 Å². The lowest BCUT2D eigenvalue weighted by Crippen LogP contribution is -2.14. The molecule has 0 atom stereocenters. The molecule has 2 aromatic heterocycles. The third-order valence-corrected chi connectivity index (χ3v) is 7.80. The summed E-state index contributed by atoms with van der Waals surface area (Å²) in [6.07, 6.45) is 0. The van der Waals surface area contributed by atoms with E-state index < -0.39 is 0 Å². The molecular formula is C36H27NO4. The molecule has 0 unspecified atom stereocenters. The molecule has 0 saturated carbocycles. The molecule has 0 radical (unpaired) electrons. The lowest BCUT2D eigenvalue weighted by Gasteiger charge is -2.29. The number of anilines is 3. The standard InChI is InChI=1S/C36H27NO4/c1-20-12-14-28(22(3)16-20)37(29-15-13-21(2)17-23(29)4)30-10-7-9-25-35(39)27-18-32-26(19-33(27)41-36(25)30)34(38)24-8-5-6-11-31(24)40-32/h5-19H,1-4H3. The van der Waals surface area contributed by atoms with Crippen LogP contribution in [-0.2, 0) is 0 Å². The summed E-state index contributed by atoms with van der Waals surface area (Å²) >= 11 is 0. The smallest absolute Gasteiger partial charge is 0.200 e. The van der Waals surface area contributed by atoms with Gasteiger partial charge in [-0.3, -0.25) is 9.59 Å². The molecule has 0 amide bonds. The van der Waals surface area contributed by atoms with Gasteiger partial charge in [0.1, 0.15) is 16.7 Å². The van der Waals surface area contributed by atoms with Crippen molar-refractivity contribution in [2.75, 3.05) is 4.90 Å². The van der Waals surface area contributed by atoms with Crippen LogP contribution in [0, 0.1) is 27.7 Å². The number of benzene rings is 5. The van der Waals surface area contributed by atoms with Gasteiger partial charge in [0, 0.05) is 11.4 Å². The van der Waals surface area contributed by atoms with E-state index in [2.05, 4.69) is 69.0 Å². The van der Waals surface area contributed by atoms with Crippen molar-refractivity contribution >= 4 is 60.9 Å². The molecule has 5 nitrogen and oxygen atoms in total. The normalized spacial score (nSPS) is 11.6. The van der Waals surface area contributed by atoms with Crippen molar-refractivity contribution in [2.24, 2.45) is 0 Å². The molecule has 0 saturated heterocycles. The Morgan fingerprint density at radius 3 is 1.68 bits per heavy atom. The summed E-state index contributed by atoms with van der Waals surface area (Å²) in [5, 5.41) is 1.68. The Bertz CT molecular complexity index is 2260. The Morgan fingerprint density at radius 1 is 0.488 bits per heavy atom. The highest BCUT2D eigenvalue weighted by Crippen LogP contribution is 2.42. The van der Waals surface area contributed by atoms with E-state index in [4.69, 9.17) is 8.83 Å². The second-order valence-corrected chi connectivity index (χ2v) is 10.8. The first-order chi connectivity index (χ1) is 19.8. The van der Waals surface area contributed by atoms with Crippen LogP contribution in [0.2, 0.25) is 0 Å². The first-order valence-corrected chi connectivity index (χ1v) is 13.6. The Kier molecular flexibility index (Phi) is 5.58. The van der Waals surface area contributed by atoms with Gasteiger partial charge in [0.25, 0.3) is 0 Å². The molecule has 5 heteroatoms. The van der Waals surface area contributed by atoms with E-state index in [-0.39, 0.29) is 10.9 Å². The van der Waals surface area contributed by atoms with Crippen molar-refractivity contribution in [3.63, 3.8) is 0 Å². The van der Waals surface area contributed by atoms with E-state index in [9.17, 15) is 9.59 Å². The zero-order chi connectivity index (χ0) is 28.4. The molecular weight excluding hydrogens is 510 g/mol. The number of aryl methyl sites for hydroxylation is 4. The first-order valence-electron chi connectivity index (χ1n) is 13.6. The van der Waals surface area contributed by atoms with Gasteiger partial charge in [-0.1, -0.05) is 53.6 Å². The van der Waals surface area contributed by atoms with Crippen LogP contribution in [-0.4, -0.2) is 0 Å². The summed E-state index contributed by atoms with van der Waals surface area (Å²) in [5.74, 6) is 0. The van der Waals surface area contributed by atoms with Gasteiger partial charge in [-0.15, -0.1) is 0 Å². The summed E-state index contributed by atoms with van der Waals surface area (Å²) in [6, 6.07) is 28.7. The third kappa shape index (κ3) is 3.93. The minimum atomic E-state index is -0.179. The number of fused-ring (bicyclic) bond motifs is 4. The van der Waals surface area contributed by atoms with Crippen LogP contribution in [0.4, 0.5) is 17.1 Å². The molecule has 0 bridgehead atoms. The van der Waals surface area contributed by atoms with E-state index >= 15 is 0 Å². The summed E-state index contributed by atoms with van der Waals surface area (Å²) < 4.78 is 12.6. The van der Waals surface area contributed by atoms with Gasteiger partial charge in [0.05, 0.1) is 27.2 Å². The summed E-state index contributed by atoms with van der Waals surface area (Å²) in [5.41, 5.74) is 8.54. The van der Waals surface area contributed by atoms with E-state index in [1.165, 1.54) is 11.1 Å². The van der Waals surface area contributed by atoms with Crippen molar-refractivity contribution in [1.29, 1.82) is 0 Å². The van der Waals surface area contributed by atoms with Crippen molar-refractivity contribution in [1.82, 2.24) is 0 Å². The average Bonchev–Trinajstić information content (AvgIpc) is 2.95. The minimum absolute atomic E-state index is 0.160. The van der Waals surface area contributed by atoms with Crippen molar-refractivity contribution < 1.29 is 8.83 Å². The maximum absolute atomic E-state index is 14.0. The highest BCUT2D eigenvalue weighted by molar-refractivity contribution is 6.03. The van der Waals surface area contributed by atoms with E-state index in [0.717, 1.165) is 28.2 Å². The molecule has 7 aromatic rings. The summed E-state index contributed by atoms with van der Waals surface area (Å²) in [7, 11) is 0. The lowest BCUT2D eigenvalue weighted by atomic mass is 10.0. The topological polar surface area (TPSA) is 63.7 Å². The third-order valence-electron chi connectivity index (χ3n) is 7.80. The SMILES string of the molecule is Cc1ccc(N(c2ccc(C)cc2C)c2cccc3c(=O)c4cc5oc6ccccc6c(=O)c5cc4oc23)c(C)c1. The van der Waals surface area contributed by atoms with Gasteiger partial charge in [0.15, 0.2) is 5.58 Å². The fraction of sp³-hybridized carbons (Fsp3) is 0.111. The number of nitrogens with zero attached hydrogens (tertiary/aromatic N) is 1. The second kappa shape index (κ2) is 9.20. The van der Waals surface area contributed by atoms with Crippen LogP contribution < -0.4 is 15.8 Å². The Hall–Kier alpha value is -5.16. The van der Waals surface area contributed by atoms with Gasteiger partial charge in [0.2, 0.25) is 10.9 Å². The molecule has 0 aliphatic rings. The number of hydrogen-bond donors (Lipinski definition) is 0. The van der Waals surface area contributed by atoms with Crippen molar-refractivity contribution in [3.05, 3.63) is 134 Å². The van der Waals surface area contributed by atoms with E-state index in [0.29, 0.717) is 43.9 Å². The van der Waals surface area contributed by atoms with Crippen molar-refractivity contribution in [3.8, 4) is 0 Å². The van der Waals surface area contributed by atoms with Gasteiger partial charge >= 0.3 is 0 Å². The zero-order valence-corrected chi connectivity index (χ0v) is 23.2. The fourth-order valence-corrected chi connectivity index (χ4v) is 5.83. The van der Waals surface area contributed by atoms with Gasteiger partial charge in [-0.25, -0.2) is 0 Å². The molecule has 0 N–H and O–H groups in total. The molecule has 41 heavy (non-hydrogen) atoms. The van der Waals surface area contributed by atoms with E-state index in [1.807, 2.05) is 18.2 Å². The Balaban J connectivity index is 1.57. The average molecular weight is 538 g/mol. The van der Waals surface area contributed by atoms with Gasteiger partial charge in [-0.2, -0.15) is 0 Å². The van der Waals surface area contributed by atoms with Crippen LogP contribution in [0.5, 0.6) is 0 Å². The molecule has 0 aliphatic carbocycles. The number of rotatable bonds is 3. The number of hydrogen-bond acceptors (Lipinski definition) is 5. The van der Waals surface area contributed by atoms with E-state index in [1.54, 1.807) is 36.4 Å². The van der Waals surface area contributed by atoms with Crippen LogP contribution in [0.25, 0.3) is 43.9 Å². The molecule has 7 rings (SSSR count). The minimum Gasteiger partial charge on any atom is -0.456 e. The molecule has 5 aromatic carbocycles. The highest BCUT2D eigenvalue weighted by Gasteiger charge is 2.22. The lowest BCUT2D eigenvalue weighted by molar-refractivity contribution is 0.652.